The highest BCUT2D eigenvalue weighted by Gasteiger charge is 2.44. The summed E-state index contributed by atoms with van der Waals surface area (Å²) >= 11 is 0. The van der Waals surface area contributed by atoms with E-state index in [0.717, 1.165) is 38.5 Å². The molecule has 0 aromatic carbocycles. The lowest BCUT2D eigenvalue weighted by Crippen LogP contribution is -2.60. The predicted molar refractivity (Wildman–Crippen MR) is 266 cm³/mol. The number of unbranched alkanes of at least 4 members (excludes halogenated alkanes) is 33. The minimum atomic E-state index is -1.66. The summed E-state index contributed by atoms with van der Waals surface area (Å²) in [4.78, 5) is 13.1. The van der Waals surface area contributed by atoms with Gasteiger partial charge in [-0.05, 0) is 38.5 Å². The Balaban J connectivity index is 2.17. The summed E-state index contributed by atoms with van der Waals surface area (Å²) in [5.41, 5.74) is 0. The Kier molecular flexibility index (Phi) is 42.0. The molecule has 0 aromatic heterocycles. The Bertz CT molecular complexity index is 1060. The van der Waals surface area contributed by atoms with Crippen LogP contribution in [0.1, 0.15) is 258 Å². The zero-order valence-electron chi connectivity index (χ0n) is 42.0. The Morgan fingerprint density at radius 2 is 0.892 bits per heavy atom. The van der Waals surface area contributed by atoms with Gasteiger partial charge in [0.15, 0.2) is 6.29 Å². The van der Waals surface area contributed by atoms with Crippen molar-refractivity contribution in [2.24, 2.45) is 0 Å². The van der Waals surface area contributed by atoms with Crippen LogP contribution in [0.2, 0.25) is 0 Å². The van der Waals surface area contributed by atoms with Gasteiger partial charge in [-0.15, -0.1) is 0 Å². The number of ether oxygens (including phenoxy) is 2. The van der Waals surface area contributed by atoms with Gasteiger partial charge in [0, 0.05) is 0 Å². The lowest BCUT2D eigenvalue weighted by atomic mass is 9.98. The molecule has 65 heavy (non-hydrogen) atoms. The summed E-state index contributed by atoms with van der Waals surface area (Å²) in [7, 11) is 0. The molecule has 0 aliphatic carbocycles. The van der Waals surface area contributed by atoms with Gasteiger partial charge in [-0.1, -0.05) is 231 Å². The first-order valence-corrected chi connectivity index (χ1v) is 27.6. The van der Waals surface area contributed by atoms with Crippen LogP contribution < -0.4 is 5.32 Å². The summed E-state index contributed by atoms with van der Waals surface area (Å²) in [6.45, 7) is 3.42. The Labute approximate surface area is 398 Å². The van der Waals surface area contributed by atoms with Crippen LogP contribution in [0.25, 0.3) is 0 Å². The zero-order valence-corrected chi connectivity index (χ0v) is 42.0. The molecule has 11 heteroatoms. The number of hydrogen-bond acceptors (Lipinski definition) is 10. The number of amides is 1. The number of nitrogens with one attached hydrogen (secondary N) is 1. The Morgan fingerprint density at radius 1 is 0.523 bits per heavy atom. The first kappa shape index (κ1) is 61.9. The number of carbonyl (C=O) groups excluding carboxylic acids is 1. The van der Waals surface area contributed by atoms with Gasteiger partial charge in [0.05, 0.1) is 25.4 Å². The lowest BCUT2D eigenvalue weighted by Gasteiger charge is -2.40. The number of aliphatic hydroxyl groups is 7. The van der Waals surface area contributed by atoms with Crippen LogP contribution in [-0.4, -0.2) is 110 Å². The van der Waals surface area contributed by atoms with Gasteiger partial charge in [-0.3, -0.25) is 4.79 Å². The maximum absolute atomic E-state index is 13.1. The summed E-state index contributed by atoms with van der Waals surface area (Å²) < 4.78 is 11.1. The molecule has 1 aliphatic rings. The molecular formula is C54H105NO10. The molecule has 8 N–H and O–H groups in total. The fraction of sp³-hybridized carbons (Fsp3) is 0.944. The van der Waals surface area contributed by atoms with Crippen LogP contribution in [0, 0.1) is 0 Å². The highest BCUT2D eigenvalue weighted by Crippen LogP contribution is 2.23. The van der Waals surface area contributed by atoms with E-state index in [2.05, 4.69) is 31.3 Å². The first-order chi connectivity index (χ1) is 31.7. The molecule has 1 amide bonds. The van der Waals surface area contributed by atoms with Gasteiger partial charge in [0.25, 0.3) is 0 Å². The molecule has 1 rings (SSSR count). The maximum atomic E-state index is 13.1. The molecule has 0 bridgehead atoms. The van der Waals surface area contributed by atoms with E-state index in [-0.39, 0.29) is 6.42 Å². The van der Waals surface area contributed by atoms with Crippen molar-refractivity contribution in [3.05, 3.63) is 12.2 Å². The molecule has 1 saturated heterocycles. The summed E-state index contributed by atoms with van der Waals surface area (Å²) in [6, 6.07) is -1.16. The second kappa shape index (κ2) is 44.1. The van der Waals surface area contributed by atoms with E-state index in [0.29, 0.717) is 19.3 Å². The normalized spacial score (nSPS) is 20.9. The van der Waals surface area contributed by atoms with Crippen LogP contribution >= 0.6 is 0 Å². The first-order valence-electron chi connectivity index (χ1n) is 27.6. The average molecular weight is 928 g/mol. The van der Waals surface area contributed by atoms with Gasteiger partial charge >= 0.3 is 0 Å². The molecule has 9 unspecified atom stereocenters. The topological polar surface area (TPSA) is 189 Å². The second-order valence-corrected chi connectivity index (χ2v) is 19.7. The number of hydrogen-bond donors (Lipinski definition) is 8. The minimum Gasteiger partial charge on any atom is -0.394 e. The monoisotopic (exact) mass is 928 g/mol. The van der Waals surface area contributed by atoms with Crippen molar-refractivity contribution in [1.82, 2.24) is 5.32 Å². The number of rotatable bonds is 47. The van der Waals surface area contributed by atoms with Crippen LogP contribution in [-0.2, 0) is 14.3 Å². The lowest BCUT2D eigenvalue weighted by molar-refractivity contribution is -0.303. The standard InChI is InChI=1S/C54H105NO10/c1-3-5-7-9-11-13-14-15-16-17-18-19-20-21-22-23-24-25-26-27-28-29-30-31-32-33-34-36-38-40-42-47(58)53(63)55-45(44-64-54-52(62)51(61)50(60)48(43-56)65-54)49(59)46(57)41-39-37-35-12-10-8-6-4-2/h21-22,45-52,54,56-62H,3-20,23-44H2,1-2H3,(H,55,63)/b22-21-. The van der Waals surface area contributed by atoms with Gasteiger partial charge in [0.2, 0.25) is 5.91 Å². The Hall–Kier alpha value is -1.15. The number of allylic oxidation sites excluding steroid dienone is 2. The van der Waals surface area contributed by atoms with E-state index in [1.165, 1.54) is 180 Å². The highest BCUT2D eigenvalue weighted by molar-refractivity contribution is 5.80. The highest BCUT2D eigenvalue weighted by atomic mass is 16.7. The zero-order chi connectivity index (χ0) is 47.6. The number of carbonyl (C=O) groups is 1. The molecule has 0 aromatic rings. The number of aliphatic hydroxyl groups excluding tert-OH is 7. The molecule has 9 atom stereocenters. The Morgan fingerprint density at radius 3 is 1.29 bits per heavy atom. The second-order valence-electron chi connectivity index (χ2n) is 19.7. The van der Waals surface area contributed by atoms with Crippen molar-refractivity contribution in [1.29, 1.82) is 0 Å². The van der Waals surface area contributed by atoms with Crippen molar-refractivity contribution in [3.8, 4) is 0 Å². The molecule has 1 fully saturated rings. The van der Waals surface area contributed by atoms with Crippen LogP contribution in [0.4, 0.5) is 0 Å². The SMILES string of the molecule is CCCCCCCCCCCCCC/C=C\CCCCCCCCCCCCCCCCC(O)C(=O)NC(COC1OC(CO)C(O)C(O)C1O)C(O)C(O)CCCCCCCCCC. The molecular weight excluding hydrogens is 823 g/mol. The minimum absolute atomic E-state index is 0.263. The maximum Gasteiger partial charge on any atom is 0.249 e. The fourth-order valence-electron chi connectivity index (χ4n) is 9.03. The van der Waals surface area contributed by atoms with E-state index in [9.17, 15) is 40.5 Å². The quantitative estimate of drug-likeness (QED) is 0.0215. The van der Waals surface area contributed by atoms with Crippen molar-refractivity contribution in [3.63, 3.8) is 0 Å². The van der Waals surface area contributed by atoms with E-state index in [1.54, 1.807) is 0 Å². The van der Waals surface area contributed by atoms with E-state index < -0.39 is 74.2 Å². The summed E-state index contributed by atoms with van der Waals surface area (Å²) in [6.07, 6.45) is 38.8. The van der Waals surface area contributed by atoms with Gasteiger partial charge in [0.1, 0.15) is 36.6 Å². The molecule has 0 spiro atoms. The third-order valence-electron chi connectivity index (χ3n) is 13.6. The van der Waals surface area contributed by atoms with Crippen LogP contribution in [0.15, 0.2) is 12.2 Å². The molecule has 1 aliphatic heterocycles. The van der Waals surface area contributed by atoms with E-state index in [4.69, 9.17) is 9.47 Å². The third-order valence-corrected chi connectivity index (χ3v) is 13.6. The molecule has 386 valence electrons. The molecule has 11 nitrogen and oxygen atoms in total. The van der Waals surface area contributed by atoms with E-state index >= 15 is 0 Å². The predicted octanol–water partition coefficient (Wildman–Crippen LogP) is 10.8. The summed E-state index contributed by atoms with van der Waals surface area (Å²) in [5, 5.41) is 75.6. The van der Waals surface area contributed by atoms with Gasteiger partial charge in [-0.25, -0.2) is 0 Å². The third kappa shape index (κ3) is 33.1. The van der Waals surface area contributed by atoms with Crippen molar-refractivity contribution >= 4 is 5.91 Å². The largest absolute Gasteiger partial charge is 0.394 e. The van der Waals surface area contributed by atoms with Crippen LogP contribution in [0.5, 0.6) is 0 Å². The average Bonchev–Trinajstić information content (AvgIpc) is 3.31. The summed E-state index contributed by atoms with van der Waals surface area (Å²) in [5.74, 6) is -0.696. The smallest absolute Gasteiger partial charge is 0.249 e. The fourth-order valence-corrected chi connectivity index (χ4v) is 9.03. The molecule has 0 saturated carbocycles. The van der Waals surface area contributed by atoms with Gasteiger partial charge in [-0.2, -0.15) is 0 Å². The molecule has 0 radical (unpaired) electrons. The van der Waals surface area contributed by atoms with Crippen molar-refractivity contribution < 1.29 is 50.0 Å². The van der Waals surface area contributed by atoms with Crippen molar-refractivity contribution in [2.75, 3.05) is 13.2 Å². The van der Waals surface area contributed by atoms with E-state index in [1.807, 2.05) is 0 Å². The molecule has 1 heterocycles. The van der Waals surface area contributed by atoms with Crippen LogP contribution in [0.3, 0.4) is 0 Å². The van der Waals surface area contributed by atoms with Gasteiger partial charge < -0.3 is 50.5 Å². The van der Waals surface area contributed by atoms with Crippen molar-refractivity contribution in [2.45, 2.75) is 313 Å².